The van der Waals surface area contributed by atoms with Crippen LogP contribution in [0, 0.1) is 10.8 Å². The van der Waals surface area contributed by atoms with E-state index in [1.54, 1.807) is 70.7 Å². The molecule has 2 fully saturated rings. The van der Waals surface area contributed by atoms with Crippen LogP contribution in [0.5, 0.6) is 0 Å². The molecule has 2 aliphatic rings. The fraction of sp³-hybridized carbons (Fsp3) is 0.618. The Morgan fingerprint density at radius 3 is 1.08 bits per heavy atom. The van der Waals surface area contributed by atoms with Gasteiger partial charge in [0.15, 0.2) is 0 Å². The van der Waals surface area contributed by atoms with Crippen molar-refractivity contribution in [1.29, 1.82) is 0 Å². The highest BCUT2D eigenvalue weighted by Gasteiger charge is 2.38. The third-order valence-electron chi connectivity index (χ3n) is 17.1. The lowest BCUT2D eigenvalue weighted by Crippen LogP contribution is -2.60. The molecule has 0 aliphatic carbocycles. The van der Waals surface area contributed by atoms with Gasteiger partial charge in [-0.25, -0.2) is 28.8 Å². The van der Waals surface area contributed by atoms with Crippen molar-refractivity contribution in [1.82, 2.24) is 50.8 Å². The minimum atomic E-state index is -1.21. The van der Waals surface area contributed by atoms with E-state index in [1.807, 2.05) is 83.1 Å². The SMILES string of the molecule is CCCC[C@@H](NC(=O)[C@@H](Cc1cn(C(=O)OC)c2ccccc12)NC(=O)[C@H](CC(C)(C)C)NC(=O)N1[C@H](C)CCC[C@@H]1C)C(=O)O.CCCC[C@@H](NC(=O)[C@@H](Cc1cn(C(=O)OC)c2ccccc12)NC(=O)[C@H](CC(C)(C)C)NC(=O)N1[C@H](C)CCC[C@@H]1C)C(=O)O. The van der Waals surface area contributed by atoms with Crippen LogP contribution in [-0.2, 0) is 51.1 Å². The molecule has 0 saturated carbocycles. The van der Waals surface area contributed by atoms with E-state index >= 15 is 0 Å². The fourth-order valence-electron chi connectivity index (χ4n) is 12.3. The number of urea groups is 2. The molecule has 4 aromatic rings. The molecular formula is C68H102N10O14. The minimum absolute atomic E-state index is 0.0174. The number of unbranched alkanes of at least 4 members (excludes halogenated alkanes) is 2. The Balaban J connectivity index is 0.000000334. The number of para-hydroxylation sites is 2. The van der Waals surface area contributed by atoms with Crippen LogP contribution in [0.3, 0.4) is 0 Å². The van der Waals surface area contributed by atoms with Crippen molar-refractivity contribution >= 4 is 81.6 Å². The average molecular weight is 1280 g/mol. The summed E-state index contributed by atoms with van der Waals surface area (Å²) in [5.41, 5.74) is 1.57. The number of amides is 8. The van der Waals surface area contributed by atoms with Gasteiger partial charge in [-0.05, 0) is 126 Å². The first-order valence-electron chi connectivity index (χ1n) is 32.5. The van der Waals surface area contributed by atoms with Gasteiger partial charge in [0.25, 0.3) is 0 Å². The van der Waals surface area contributed by atoms with Crippen LogP contribution in [-0.4, -0.2) is 164 Å². The number of carbonyl (C=O) groups excluding carboxylic acids is 8. The van der Waals surface area contributed by atoms with Gasteiger partial charge in [-0.1, -0.05) is 117 Å². The molecule has 0 bridgehead atoms. The van der Waals surface area contributed by atoms with E-state index in [-0.39, 0.29) is 72.7 Å². The number of methoxy groups -OCH3 is 2. The van der Waals surface area contributed by atoms with Gasteiger partial charge in [-0.15, -0.1) is 0 Å². The number of ether oxygens (including phenoxy) is 2. The Kier molecular flexibility index (Phi) is 27.5. The van der Waals surface area contributed by atoms with E-state index in [4.69, 9.17) is 9.47 Å². The first-order chi connectivity index (χ1) is 43.3. The van der Waals surface area contributed by atoms with Gasteiger partial charge in [0.05, 0.1) is 25.3 Å². The number of hydrogen-bond acceptors (Lipinski definition) is 12. The lowest BCUT2D eigenvalue weighted by Gasteiger charge is -2.40. The summed E-state index contributed by atoms with van der Waals surface area (Å²) in [6.45, 7) is 23.6. The minimum Gasteiger partial charge on any atom is -0.480 e. The molecule has 10 atom stereocenters. The lowest BCUT2D eigenvalue weighted by atomic mass is 9.87. The Hall–Kier alpha value is -8.18. The first-order valence-corrected chi connectivity index (χ1v) is 32.5. The van der Waals surface area contributed by atoms with E-state index < -0.39 is 84.0 Å². The van der Waals surface area contributed by atoms with Crippen molar-refractivity contribution in [2.45, 2.75) is 246 Å². The molecular weight excluding hydrogens is 1180 g/mol. The number of carboxylic acid groups (broad SMARTS) is 2. The maximum Gasteiger partial charge on any atom is 0.418 e. The van der Waals surface area contributed by atoms with Gasteiger partial charge < -0.3 is 61.4 Å². The molecule has 4 heterocycles. The molecule has 2 aromatic heterocycles. The third-order valence-corrected chi connectivity index (χ3v) is 17.1. The van der Waals surface area contributed by atoms with Crippen LogP contribution < -0.4 is 31.9 Å². The lowest BCUT2D eigenvalue weighted by molar-refractivity contribution is -0.143. The van der Waals surface area contributed by atoms with Crippen molar-refractivity contribution in [2.24, 2.45) is 10.8 Å². The monoisotopic (exact) mass is 1280 g/mol. The Bertz CT molecular complexity index is 2990. The summed E-state index contributed by atoms with van der Waals surface area (Å²) in [5.74, 6) is -4.80. The van der Waals surface area contributed by atoms with Gasteiger partial charge in [0.1, 0.15) is 36.3 Å². The maximum atomic E-state index is 14.0. The number of aliphatic carboxylic acids is 2. The second kappa shape index (κ2) is 33.9. The second-order valence-corrected chi connectivity index (χ2v) is 27.2. The molecule has 2 aromatic carbocycles. The number of likely N-dealkylation sites (tertiary alicyclic amines) is 2. The molecule has 0 unspecified atom stereocenters. The summed E-state index contributed by atoms with van der Waals surface area (Å²) < 4.78 is 12.5. The van der Waals surface area contributed by atoms with Crippen molar-refractivity contribution in [3.63, 3.8) is 0 Å². The third kappa shape index (κ3) is 20.9. The van der Waals surface area contributed by atoms with Crippen LogP contribution in [0.2, 0.25) is 0 Å². The van der Waals surface area contributed by atoms with Crippen LogP contribution in [0.25, 0.3) is 21.8 Å². The summed E-state index contributed by atoms with van der Waals surface area (Å²) >= 11 is 0. The zero-order valence-corrected chi connectivity index (χ0v) is 56.4. The number of nitrogens with one attached hydrogen (secondary N) is 6. The number of carboxylic acids is 2. The van der Waals surface area contributed by atoms with Gasteiger partial charge >= 0.3 is 36.2 Å². The predicted molar refractivity (Wildman–Crippen MR) is 351 cm³/mol. The van der Waals surface area contributed by atoms with Crippen LogP contribution in [0.4, 0.5) is 19.2 Å². The summed E-state index contributed by atoms with van der Waals surface area (Å²) in [6.07, 6.45) is 11.1. The standard InChI is InChI=1S/2C34H51N5O7/c2*1-8-9-16-25(31(42)43)35-29(40)26(18-23-20-38(33(45)46-7)28-17-11-10-15-24(23)28)36-30(41)27(19-34(4,5)6)37-32(44)39-21(2)13-12-14-22(39)3/h2*10-11,15,17,20-22,25-27H,8-9,12-14,16,18-19H2,1-7H3,(H,35,40)(H,36,41)(H,37,44)(H,42,43)/t2*21-,22+,25-,26-,27+/m11/s1. The van der Waals surface area contributed by atoms with Gasteiger partial charge in [0.2, 0.25) is 23.6 Å². The highest BCUT2D eigenvalue weighted by molar-refractivity contribution is 5.98. The van der Waals surface area contributed by atoms with Crippen molar-refractivity contribution in [3.05, 3.63) is 72.1 Å². The number of nitrogens with zero attached hydrogens (tertiary/aromatic N) is 4. The largest absolute Gasteiger partial charge is 0.480 e. The number of carbonyl (C=O) groups is 10. The highest BCUT2D eigenvalue weighted by atomic mass is 16.5. The quantitative estimate of drug-likeness (QED) is 0.0324. The van der Waals surface area contributed by atoms with Crippen LogP contribution in [0.1, 0.15) is 184 Å². The number of aromatic nitrogens is 2. The topological polar surface area (TPSA) is 318 Å². The molecule has 92 heavy (non-hydrogen) atoms. The number of hydrogen-bond donors (Lipinski definition) is 8. The zero-order chi connectivity index (χ0) is 68.4. The summed E-state index contributed by atoms with van der Waals surface area (Å²) in [5, 5.41) is 37.7. The zero-order valence-electron chi connectivity index (χ0n) is 56.4. The molecule has 8 amide bonds. The maximum absolute atomic E-state index is 14.0. The Morgan fingerprint density at radius 2 is 0.783 bits per heavy atom. The molecule has 6 rings (SSSR count). The van der Waals surface area contributed by atoms with Gasteiger partial charge in [0, 0.05) is 60.2 Å². The Morgan fingerprint density at radius 1 is 0.478 bits per heavy atom. The fourth-order valence-corrected chi connectivity index (χ4v) is 12.3. The molecule has 2 aliphatic heterocycles. The normalized spacial score (nSPS) is 18.7. The van der Waals surface area contributed by atoms with Crippen LogP contribution >= 0.6 is 0 Å². The van der Waals surface area contributed by atoms with Gasteiger partial charge in [-0.3, -0.25) is 28.3 Å². The Labute approximate surface area is 541 Å². The predicted octanol–water partition coefficient (Wildman–Crippen LogP) is 9.64. The van der Waals surface area contributed by atoms with Crippen molar-refractivity contribution in [3.8, 4) is 0 Å². The second-order valence-electron chi connectivity index (χ2n) is 27.2. The smallest absolute Gasteiger partial charge is 0.418 e. The van der Waals surface area contributed by atoms with E-state index in [2.05, 4.69) is 31.9 Å². The number of rotatable bonds is 24. The molecule has 24 heteroatoms. The summed E-state index contributed by atoms with van der Waals surface area (Å²) in [7, 11) is 2.54. The van der Waals surface area contributed by atoms with E-state index in [0.29, 0.717) is 58.6 Å². The molecule has 0 spiro atoms. The highest BCUT2D eigenvalue weighted by Crippen LogP contribution is 2.29. The molecule has 8 N–H and O–H groups in total. The van der Waals surface area contributed by atoms with Crippen molar-refractivity contribution in [2.75, 3.05) is 14.2 Å². The molecule has 0 radical (unpaired) electrons. The number of benzene rings is 2. The van der Waals surface area contributed by atoms with E-state index in [9.17, 15) is 58.2 Å². The number of fused-ring (bicyclic) bond motifs is 2. The molecule has 508 valence electrons. The molecule has 2 saturated heterocycles. The number of piperidine rings is 2. The van der Waals surface area contributed by atoms with E-state index in [0.717, 1.165) is 51.4 Å². The first kappa shape index (κ1) is 74.5. The van der Waals surface area contributed by atoms with Crippen molar-refractivity contribution < 1.29 is 67.6 Å². The summed E-state index contributed by atoms with van der Waals surface area (Å²) in [4.78, 5) is 135. The van der Waals surface area contributed by atoms with Crippen LogP contribution in [0.15, 0.2) is 60.9 Å². The molecule has 24 nitrogen and oxygen atoms in total. The average Bonchev–Trinajstić information content (AvgIpc) is 1.66. The van der Waals surface area contributed by atoms with E-state index in [1.165, 1.54) is 23.4 Å². The van der Waals surface area contributed by atoms with Gasteiger partial charge in [-0.2, -0.15) is 0 Å². The summed E-state index contributed by atoms with van der Waals surface area (Å²) in [6, 6.07) is 6.98.